The summed E-state index contributed by atoms with van der Waals surface area (Å²) in [6.45, 7) is 0.834. The number of hydrogen-bond acceptors (Lipinski definition) is 4. The first kappa shape index (κ1) is 15.2. The molecule has 1 amide bonds. The van der Waals surface area contributed by atoms with Gasteiger partial charge in [0.1, 0.15) is 6.04 Å². The highest BCUT2D eigenvalue weighted by atomic mass is 32.2. The number of hydrogen-bond donors (Lipinski definition) is 2. The number of fused-ring (bicyclic) bond motifs is 1. The maximum Gasteiger partial charge on any atom is 0.326 e. The molecule has 3 fully saturated rings. The molecule has 2 aliphatic heterocycles. The molecular formula is C15H24N2O3S. The van der Waals surface area contributed by atoms with Gasteiger partial charge < -0.3 is 15.3 Å². The molecular weight excluding hydrogens is 288 g/mol. The van der Waals surface area contributed by atoms with Crippen LogP contribution in [0, 0.1) is 5.92 Å². The topological polar surface area (TPSA) is 69.6 Å². The Bertz CT molecular complexity index is 412. The zero-order valence-electron chi connectivity index (χ0n) is 12.3. The van der Waals surface area contributed by atoms with E-state index in [-0.39, 0.29) is 18.0 Å². The number of piperidine rings is 1. The van der Waals surface area contributed by atoms with Crippen molar-refractivity contribution < 1.29 is 14.7 Å². The summed E-state index contributed by atoms with van der Waals surface area (Å²) in [7, 11) is 0. The average molecular weight is 312 g/mol. The van der Waals surface area contributed by atoms with Gasteiger partial charge in [0.25, 0.3) is 0 Å². The molecule has 2 heterocycles. The third kappa shape index (κ3) is 3.06. The Morgan fingerprint density at radius 1 is 1.14 bits per heavy atom. The summed E-state index contributed by atoms with van der Waals surface area (Å²) in [5, 5.41) is 12.8. The molecule has 3 aliphatic rings. The van der Waals surface area contributed by atoms with Gasteiger partial charge in [-0.15, -0.1) is 0 Å². The summed E-state index contributed by atoms with van der Waals surface area (Å²) in [4.78, 5) is 26.3. The maximum absolute atomic E-state index is 12.9. The van der Waals surface area contributed by atoms with E-state index in [9.17, 15) is 14.7 Å². The highest BCUT2D eigenvalue weighted by molar-refractivity contribution is 7.99. The Morgan fingerprint density at radius 2 is 1.95 bits per heavy atom. The fourth-order valence-electron chi connectivity index (χ4n) is 4.10. The van der Waals surface area contributed by atoms with Crippen LogP contribution in [0.4, 0.5) is 0 Å². The Hall–Kier alpha value is -0.750. The Morgan fingerprint density at radius 3 is 2.67 bits per heavy atom. The quantitative estimate of drug-likeness (QED) is 0.805. The Kier molecular flexibility index (Phi) is 4.74. The van der Waals surface area contributed by atoms with E-state index in [1.807, 2.05) is 0 Å². The second-order valence-corrected chi connectivity index (χ2v) is 7.52. The number of carboxylic acid groups (broad SMARTS) is 1. The highest BCUT2D eigenvalue weighted by Crippen LogP contribution is 2.38. The monoisotopic (exact) mass is 312 g/mol. The van der Waals surface area contributed by atoms with Gasteiger partial charge in [0.05, 0.1) is 6.04 Å². The highest BCUT2D eigenvalue weighted by Gasteiger charge is 2.45. The van der Waals surface area contributed by atoms with E-state index < -0.39 is 12.0 Å². The van der Waals surface area contributed by atoms with Crippen molar-refractivity contribution in [2.75, 3.05) is 18.1 Å². The normalized spacial score (nSPS) is 36.9. The molecule has 21 heavy (non-hydrogen) atoms. The van der Waals surface area contributed by atoms with Crippen molar-refractivity contribution in [2.24, 2.45) is 5.92 Å². The molecule has 0 bridgehead atoms. The van der Waals surface area contributed by atoms with Crippen LogP contribution in [0.25, 0.3) is 0 Å². The number of likely N-dealkylation sites (tertiary alicyclic amines) is 1. The Labute approximate surface area is 129 Å². The molecule has 6 heteroatoms. The van der Waals surface area contributed by atoms with Crippen LogP contribution in [0.3, 0.4) is 0 Å². The molecule has 118 valence electrons. The summed E-state index contributed by atoms with van der Waals surface area (Å²) in [5.41, 5.74) is 0. The van der Waals surface area contributed by atoms with Crippen molar-refractivity contribution >= 4 is 23.6 Å². The fourth-order valence-corrected chi connectivity index (χ4v) is 5.02. The molecule has 4 unspecified atom stereocenters. The molecule has 2 saturated heterocycles. The first-order valence-electron chi connectivity index (χ1n) is 8.04. The van der Waals surface area contributed by atoms with Crippen molar-refractivity contribution in [3.05, 3.63) is 0 Å². The number of nitrogens with zero attached hydrogens (tertiary/aromatic N) is 1. The molecule has 0 aromatic rings. The summed E-state index contributed by atoms with van der Waals surface area (Å²) in [5.74, 6) is 1.48. The van der Waals surface area contributed by atoms with Gasteiger partial charge in [-0.1, -0.05) is 12.8 Å². The van der Waals surface area contributed by atoms with E-state index in [2.05, 4.69) is 5.32 Å². The van der Waals surface area contributed by atoms with Gasteiger partial charge in [-0.2, -0.15) is 11.8 Å². The van der Waals surface area contributed by atoms with Crippen LogP contribution in [0.15, 0.2) is 0 Å². The minimum Gasteiger partial charge on any atom is -0.480 e. The van der Waals surface area contributed by atoms with E-state index >= 15 is 0 Å². The summed E-state index contributed by atoms with van der Waals surface area (Å²) >= 11 is 1.78. The van der Waals surface area contributed by atoms with Crippen LogP contribution < -0.4 is 5.32 Å². The predicted octanol–water partition coefficient (Wildman–Crippen LogP) is 1.33. The van der Waals surface area contributed by atoms with Crippen molar-refractivity contribution in [1.82, 2.24) is 10.2 Å². The molecule has 0 radical (unpaired) electrons. The van der Waals surface area contributed by atoms with Crippen LogP contribution in [0.2, 0.25) is 0 Å². The first-order chi connectivity index (χ1) is 10.2. The number of carboxylic acids is 1. The number of rotatable bonds is 2. The van der Waals surface area contributed by atoms with E-state index in [1.165, 1.54) is 6.42 Å². The van der Waals surface area contributed by atoms with Crippen LogP contribution in [0.1, 0.15) is 38.5 Å². The molecule has 1 aliphatic carbocycles. The number of nitrogens with one attached hydrogen (secondary N) is 1. The number of carbonyl (C=O) groups excluding carboxylic acids is 1. The van der Waals surface area contributed by atoms with E-state index in [0.29, 0.717) is 12.3 Å². The molecule has 4 atom stereocenters. The van der Waals surface area contributed by atoms with E-state index in [1.54, 1.807) is 16.7 Å². The van der Waals surface area contributed by atoms with Crippen LogP contribution in [0.5, 0.6) is 0 Å². The first-order valence-corrected chi connectivity index (χ1v) is 9.20. The lowest BCUT2D eigenvalue weighted by molar-refractivity contribution is -0.159. The van der Waals surface area contributed by atoms with Gasteiger partial charge in [0.2, 0.25) is 5.91 Å². The molecule has 1 saturated carbocycles. The third-order valence-corrected chi connectivity index (χ3v) is 6.19. The smallest absolute Gasteiger partial charge is 0.326 e. The van der Waals surface area contributed by atoms with Gasteiger partial charge in [-0.05, 0) is 31.6 Å². The van der Waals surface area contributed by atoms with Crippen molar-refractivity contribution in [1.29, 1.82) is 0 Å². The zero-order chi connectivity index (χ0) is 14.8. The van der Waals surface area contributed by atoms with Crippen molar-refractivity contribution in [2.45, 2.75) is 56.7 Å². The SMILES string of the molecule is O=C(O)C1CCC2CCCCC2N1C(=O)C1CSCCN1. The Balaban J connectivity index is 1.81. The summed E-state index contributed by atoms with van der Waals surface area (Å²) in [6.07, 6.45) is 6.02. The molecule has 5 nitrogen and oxygen atoms in total. The van der Waals surface area contributed by atoms with Gasteiger partial charge in [-0.3, -0.25) is 4.79 Å². The number of carbonyl (C=O) groups is 2. The number of thioether (sulfide) groups is 1. The minimum atomic E-state index is -0.837. The third-order valence-electron chi connectivity index (χ3n) is 5.13. The molecule has 0 spiro atoms. The summed E-state index contributed by atoms with van der Waals surface area (Å²) < 4.78 is 0. The maximum atomic E-state index is 12.9. The standard InChI is InChI=1S/C15H24N2O3S/c18-14(11-9-21-8-7-16-11)17-12-4-2-1-3-10(12)5-6-13(17)15(19)20/h10-13,16H,1-9H2,(H,19,20). The lowest BCUT2D eigenvalue weighted by Gasteiger charge is -2.48. The van der Waals surface area contributed by atoms with Crippen LogP contribution >= 0.6 is 11.8 Å². The number of amides is 1. The minimum absolute atomic E-state index is 0.0196. The van der Waals surface area contributed by atoms with Gasteiger partial charge in [0, 0.05) is 24.1 Å². The molecule has 0 aromatic heterocycles. The van der Waals surface area contributed by atoms with E-state index in [0.717, 1.165) is 43.7 Å². The second-order valence-electron chi connectivity index (χ2n) is 6.37. The zero-order valence-corrected chi connectivity index (χ0v) is 13.1. The lowest BCUT2D eigenvalue weighted by Crippen LogP contribution is -2.62. The fraction of sp³-hybridized carbons (Fsp3) is 0.867. The van der Waals surface area contributed by atoms with Crippen LogP contribution in [-0.2, 0) is 9.59 Å². The molecule has 3 rings (SSSR count). The second kappa shape index (κ2) is 6.57. The van der Waals surface area contributed by atoms with Gasteiger partial charge >= 0.3 is 5.97 Å². The van der Waals surface area contributed by atoms with Crippen molar-refractivity contribution in [3.63, 3.8) is 0 Å². The van der Waals surface area contributed by atoms with Gasteiger partial charge in [-0.25, -0.2) is 4.79 Å². The number of aliphatic carboxylic acids is 1. The largest absolute Gasteiger partial charge is 0.480 e. The summed E-state index contributed by atoms with van der Waals surface area (Å²) in [6, 6.07) is -0.674. The molecule has 2 N–H and O–H groups in total. The molecule has 0 aromatic carbocycles. The van der Waals surface area contributed by atoms with Gasteiger partial charge in [0.15, 0.2) is 0 Å². The van der Waals surface area contributed by atoms with Crippen molar-refractivity contribution in [3.8, 4) is 0 Å². The van der Waals surface area contributed by atoms with E-state index in [4.69, 9.17) is 0 Å². The lowest BCUT2D eigenvalue weighted by atomic mass is 9.76. The average Bonchev–Trinajstić information content (AvgIpc) is 2.53. The predicted molar refractivity (Wildman–Crippen MR) is 82.4 cm³/mol. The van der Waals surface area contributed by atoms with Crippen LogP contribution in [-0.4, -0.2) is 58.1 Å².